The van der Waals surface area contributed by atoms with Gasteiger partial charge in [0.25, 0.3) is 0 Å². The van der Waals surface area contributed by atoms with E-state index in [9.17, 15) is 4.79 Å². The van der Waals surface area contributed by atoms with Gasteiger partial charge in [0.05, 0.1) is 6.61 Å². The molecule has 128 valence electrons. The van der Waals surface area contributed by atoms with E-state index in [0.717, 1.165) is 39.3 Å². The van der Waals surface area contributed by atoms with Crippen molar-refractivity contribution >= 4 is 5.91 Å². The lowest BCUT2D eigenvalue weighted by molar-refractivity contribution is -0.122. The Hall–Kier alpha value is -0.650. The summed E-state index contributed by atoms with van der Waals surface area (Å²) in [5.41, 5.74) is 0. The number of methoxy groups -OCH3 is 1. The molecule has 1 aliphatic carbocycles. The molecule has 1 amide bonds. The van der Waals surface area contributed by atoms with Gasteiger partial charge in [-0.1, -0.05) is 19.3 Å². The van der Waals surface area contributed by atoms with Crippen molar-refractivity contribution in [3.8, 4) is 0 Å². The first-order valence-electron chi connectivity index (χ1n) is 8.93. The predicted molar refractivity (Wildman–Crippen MR) is 89.0 cm³/mol. The zero-order chi connectivity index (χ0) is 15.8. The number of nitrogens with one attached hydrogen (secondary N) is 1. The lowest BCUT2D eigenvalue weighted by Crippen LogP contribution is -2.53. The van der Waals surface area contributed by atoms with E-state index in [4.69, 9.17) is 4.74 Å². The maximum atomic E-state index is 12.1. The highest BCUT2D eigenvalue weighted by Crippen LogP contribution is 2.17. The van der Waals surface area contributed by atoms with Gasteiger partial charge in [-0.15, -0.1) is 0 Å². The molecule has 0 radical (unpaired) electrons. The highest BCUT2D eigenvalue weighted by Gasteiger charge is 2.23. The molecule has 22 heavy (non-hydrogen) atoms. The molecule has 0 spiro atoms. The Morgan fingerprint density at radius 2 is 1.95 bits per heavy atom. The molecule has 5 heteroatoms. The lowest BCUT2D eigenvalue weighted by Gasteiger charge is -2.39. The number of rotatable bonds is 7. The molecule has 0 aromatic carbocycles. The number of piperazine rings is 1. The highest BCUT2D eigenvalue weighted by atomic mass is 16.5. The summed E-state index contributed by atoms with van der Waals surface area (Å²) in [6, 6.07) is 0.983. The summed E-state index contributed by atoms with van der Waals surface area (Å²) in [5, 5.41) is 3.21. The van der Waals surface area contributed by atoms with Crippen LogP contribution in [0, 0.1) is 0 Å². The van der Waals surface area contributed by atoms with Crippen LogP contribution in [0.3, 0.4) is 0 Å². The van der Waals surface area contributed by atoms with Gasteiger partial charge in [0.2, 0.25) is 5.91 Å². The zero-order valence-electron chi connectivity index (χ0n) is 14.4. The fourth-order valence-electron chi connectivity index (χ4n) is 3.62. The first-order chi connectivity index (χ1) is 10.7. The van der Waals surface area contributed by atoms with Crippen LogP contribution >= 0.6 is 0 Å². The van der Waals surface area contributed by atoms with E-state index in [1.807, 2.05) is 0 Å². The second kappa shape index (κ2) is 9.48. The molecule has 0 unspecified atom stereocenters. The van der Waals surface area contributed by atoms with Crippen molar-refractivity contribution in [2.75, 3.05) is 46.4 Å². The number of amides is 1. The summed E-state index contributed by atoms with van der Waals surface area (Å²) in [5.74, 6) is 0.237. The Balaban J connectivity index is 1.61. The smallest absolute Gasteiger partial charge is 0.221 e. The Kier molecular flexibility index (Phi) is 7.63. The maximum Gasteiger partial charge on any atom is 0.221 e. The Morgan fingerprint density at radius 3 is 2.64 bits per heavy atom. The minimum Gasteiger partial charge on any atom is -0.383 e. The van der Waals surface area contributed by atoms with Crippen LogP contribution < -0.4 is 5.32 Å². The number of hydrogen-bond donors (Lipinski definition) is 1. The van der Waals surface area contributed by atoms with Crippen molar-refractivity contribution in [3.63, 3.8) is 0 Å². The van der Waals surface area contributed by atoms with Gasteiger partial charge in [-0.3, -0.25) is 9.69 Å². The monoisotopic (exact) mass is 311 g/mol. The van der Waals surface area contributed by atoms with E-state index in [0.29, 0.717) is 18.5 Å². The van der Waals surface area contributed by atoms with Gasteiger partial charge in [0.15, 0.2) is 0 Å². The minimum atomic E-state index is 0.237. The summed E-state index contributed by atoms with van der Waals surface area (Å²) in [4.78, 5) is 17.0. The molecule has 2 rings (SSSR count). The SMILES string of the molecule is COCCN1CCN(CCC(=O)NC2CCCCC2)C[C@H]1C. The van der Waals surface area contributed by atoms with Gasteiger partial charge < -0.3 is 15.0 Å². The Labute approximate surface area is 135 Å². The number of carbonyl (C=O) groups excluding carboxylic acids is 1. The number of ether oxygens (including phenoxy) is 1. The quantitative estimate of drug-likeness (QED) is 0.773. The molecular weight excluding hydrogens is 278 g/mol. The maximum absolute atomic E-state index is 12.1. The fraction of sp³-hybridized carbons (Fsp3) is 0.941. The van der Waals surface area contributed by atoms with Crippen molar-refractivity contribution in [1.82, 2.24) is 15.1 Å². The molecule has 1 saturated carbocycles. The van der Waals surface area contributed by atoms with Crippen molar-refractivity contribution in [1.29, 1.82) is 0 Å². The molecule has 5 nitrogen and oxygen atoms in total. The summed E-state index contributed by atoms with van der Waals surface area (Å²) >= 11 is 0. The van der Waals surface area contributed by atoms with E-state index >= 15 is 0 Å². The normalized spacial score (nSPS) is 25.3. The van der Waals surface area contributed by atoms with E-state index in [1.165, 1.54) is 32.1 Å². The molecule has 1 heterocycles. The van der Waals surface area contributed by atoms with E-state index in [1.54, 1.807) is 7.11 Å². The van der Waals surface area contributed by atoms with Crippen molar-refractivity contribution in [2.45, 2.75) is 57.5 Å². The number of nitrogens with zero attached hydrogens (tertiary/aromatic N) is 2. The van der Waals surface area contributed by atoms with Crippen LogP contribution in [0.1, 0.15) is 45.4 Å². The van der Waals surface area contributed by atoms with Gasteiger partial charge in [-0.25, -0.2) is 0 Å². The molecule has 1 atom stereocenters. The van der Waals surface area contributed by atoms with Crippen LogP contribution in [-0.2, 0) is 9.53 Å². The van der Waals surface area contributed by atoms with Crippen LogP contribution in [0.5, 0.6) is 0 Å². The van der Waals surface area contributed by atoms with Gasteiger partial charge >= 0.3 is 0 Å². The molecule has 1 N–H and O–H groups in total. The van der Waals surface area contributed by atoms with E-state index in [2.05, 4.69) is 22.0 Å². The molecule has 2 fully saturated rings. The largest absolute Gasteiger partial charge is 0.383 e. The molecule has 1 saturated heterocycles. The standard InChI is InChI=1S/C17H33N3O2/c1-15-14-19(10-11-20(15)12-13-22-2)9-8-17(21)18-16-6-4-3-5-7-16/h15-16H,3-14H2,1-2H3,(H,18,21)/t15-/m1/s1. The molecule has 0 aromatic rings. The summed E-state index contributed by atoms with van der Waals surface area (Å²) < 4.78 is 5.16. The second-order valence-corrected chi connectivity index (χ2v) is 6.83. The minimum absolute atomic E-state index is 0.237. The summed E-state index contributed by atoms with van der Waals surface area (Å²) in [6.07, 6.45) is 6.85. The average Bonchev–Trinajstić information content (AvgIpc) is 2.53. The third kappa shape index (κ3) is 5.86. The molecule has 1 aliphatic heterocycles. The second-order valence-electron chi connectivity index (χ2n) is 6.83. The molecule has 2 aliphatic rings. The Bertz CT molecular complexity index is 332. The number of carbonyl (C=O) groups is 1. The molecular formula is C17H33N3O2. The summed E-state index contributed by atoms with van der Waals surface area (Å²) in [7, 11) is 1.76. The van der Waals surface area contributed by atoms with Crippen LogP contribution in [0.2, 0.25) is 0 Å². The van der Waals surface area contributed by atoms with E-state index < -0.39 is 0 Å². The van der Waals surface area contributed by atoms with Gasteiger partial charge in [0.1, 0.15) is 0 Å². The number of hydrogen-bond acceptors (Lipinski definition) is 4. The fourth-order valence-corrected chi connectivity index (χ4v) is 3.62. The van der Waals surface area contributed by atoms with Crippen LogP contribution in [0.25, 0.3) is 0 Å². The van der Waals surface area contributed by atoms with Gasteiger partial charge in [0, 0.05) is 58.3 Å². The van der Waals surface area contributed by atoms with Crippen molar-refractivity contribution in [2.24, 2.45) is 0 Å². The van der Waals surface area contributed by atoms with Gasteiger partial charge in [-0.2, -0.15) is 0 Å². The lowest BCUT2D eigenvalue weighted by atomic mass is 9.95. The van der Waals surface area contributed by atoms with Crippen LogP contribution in [0.15, 0.2) is 0 Å². The van der Waals surface area contributed by atoms with Crippen molar-refractivity contribution in [3.05, 3.63) is 0 Å². The van der Waals surface area contributed by atoms with Crippen LogP contribution in [0.4, 0.5) is 0 Å². The molecule has 0 bridgehead atoms. The van der Waals surface area contributed by atoms with E-state index in [-0.39, 0.29) is 5.91 Å². The highest BCUT2D eigenvalue weighted by molar-refractivity contribution is 5.76. The van der Waals surface area contributed by atoms with Crippen LogP contribution in [-0.4, -0.2) is 74.2 Å². The zero-order valence-corrected chi connectivity index (χ0v) is 14.4. The van der Waals surface area contributed by atoms with Gasteiger partial charge in [-0.05, 0) is 19.8 Å². The molecule has 0 aromatic heterocycles. The first kappa shape index (κ1) is 17.7. The third-order valence-corrected chi connectivity index (χ3v) is 5.06. The predicted octanol–water partition coefficient (Wildman–Crippen LogP) is 1.48. The Morgan fingerprint density at radius 1 is 1.18 bits per heavy atom. The summed E-state index contributed by atoms with van der Waals surface area (Å²) in [6.45, 7) is 8.16. The third-order valence-electron chi connectivity index (χ3n) is 5.06. The topological polar surface area (TPSA) is 44.8 Å². The average molecular weight is 311 g/mol. The van der Waals surface area contributed by atoms with Crippen molar-refractivity contribution < 1.29 is 9.53 Å². The first-order valence-corrected chi connectivity index (χ1v) is 8.93.